The van der Waals surface area contributed by atoms with Crippen molar-refractivity contribution in [3.63, 3.8) is 0 Å². The van der Waals surface area contributed by atoms with Gasteiger partial charge in [-0.25, -0.2) is 4.68 Å². The molecule has 0 radical (unpaired) electrons. The van der Waals surface area contributed by atoms with E-state index in [-0.39, 0.29) is 24.4 Å². The van der Waals surface area contributed by atoms with Crippen LogP contribution in [0.2, 0.25) is 5.02 Å². The minimum absolute atomic E-state index is 0.0570. The molecule has 0 bridgehead atoms. The third-order valence-electron chi connectivity index (χ3n) is 3.35. The Morgan fingerprint density at radius 1 is 1.33 bits per heavy atom. The number of aromatic nitrogens is 2. The summed E-state index contributed by atoms with van der Waals surface area (Å²) in [6.45, 7) is 1.79. The predicted molar refractivity (Wildman–Crippen MR) is 94.9 cm³/mol. The van der Waals surface area contributed by atoms with E-state index in [1.54, 1.807) is 22.2 Å². The Hall–Kier alpha value is -2.31. The van der Waals surface area contributed by atoms with Crippen LogP contribution in [-0.4, -0.2) is 22.3 Å². The molecule has 2 heterocycles. The van der Waals surface area contributed by atoms with Crippen LogP contribution in [0.3, 0.4) is 0 Å². The number of thiophene rings is 1. The highest BCUT2D eigenvalue weighted by molar-refractivity contribution is 7.10. The monoisotopic (exact) mass is 361 g/mol. The molecule has 1 aromatic carbocycles. The summed E-state index contributed by atoms with van der Waals surface area (Å²) < 4.78 is 7.06. The molecule has 1 N–H and O–H groups in total. The van der Waals surface area contributed by atoms with Crippen LogP contribution in [-0.2, 0) is 4.79 Å². The van der Waals surface area contributed by atoms with Crippen molar-refractivity contribution in [2.24, 2.45) is 0 Å². The van der Waals surface area contributed by atoms with E-state index in [1.165, 1.54) is 0 Å². The maximum absolute atomic E-state index is 12.0. The number of halogens is 1. The molecule has 0 saturated heterocycles. The highest BCUT2D eigenvalue weighted by Gasteiger charge is 2.14. The Bertz CT molecular complexity index is 803. The number of ether oxygens (including phenoxy) is 1. The lowest BCUT2D eigenvalue weighted by molar-refractivity contribution is -0.123. The topological polar surface area (TPSA) is 56.1 Å². The van der Waals surface area contributed by atoms with Gasteiger partial charge in [0.2, 0.25) is 0 Å². The molecule has 0 saturated carbocycles. The smallest absolute Gasteiger partial charge is 0.258 e. The van der Waals surface area contributed by atoms with Crippen LogP contribution in [0.15, 0.2) is 54.0 Å². The molecule has 5 nitrogen and oxygen atoms in total. The summed E-state index contributed by atoms with van der Waals surface area (Å²) in [5.41, 5.74) is 0.866. The highest BCUT2D eigenvalue weighted by Crippen LogP contribution is 2.24. The van der Waals surface area contributed by atoms with Gasteiger partial charge in [-0.2, -0.15) is 0 Å². The van der Waals surface area contributed by atoms with Crippen molar-refractivity contribution in [1.82, 2.24) is 15.1 Å². The Morgan fingerprint density at radius 2 is 2.12 bits per heavy atom. The lowest BCUT2D eigenvalue weighted by Crippen LogP contribution is -2.31. The second kappa shape index (κ2) is 7.51. The molecule has 124 valence electrons. The van der Waals surface area contributed by atoms with E-state index < -0.39 is 0 Å². The zero-order valence-corrected chi connectivity index (χ0v) is 14.6. The number of para-hydroxylation sites is 1. The lowest BCUT2D eigenvalue weighted by atomic mass is 10.3. The van der Waals surface area contributed by atoms with Crippen LogP contribution in [0.1, 0.15) is 17.8 Å². The third-order valence-corrected chi connectivity index (χ3v) is 4.66. The minimum atomic E-state index is -0.221. The predicted octanol–water partition coefficient (Wildman–Crippen LogP) is 3.84. The summed E-state index contributed by atoms with van der Waals surface area (Å²) in [5.74, 6) is 0.0145. The van der Waals surface area contributed by atoms with Crippen LogP contribution >= 0.6 is 22.9 Å². The van der Waals surface area contributed by atoms with E-state index in [4.69, 9.17) is 16.3 Å². The molecule has 2 aromatic heterocycles. The SMILES string of the molecule is CC(NC(=O)COc1nn(-c2ccccc2)cc1Cl)c1cccs1. The van der Waals surface area contributed by atoms with Crippen molar-refractivity contribution >= 4 is 28.8 Å². The molecule has 1 unspecified atom stereocenters. The van der Waals surface area contributed by atoms with Gasteiger partial charge in [-0.3, -0.25) is 4.79 Å². The number of carbonyl (C=O) groups is 1. The second-order valence-electron chi connectivity index (χ2n) is 5.16. The standard InChI is InChI=1S/C17H16ClN3O2S/c1-12(15-8-5-9-24-15)19-16(22)11-23-17-14(18)10-21(20-17)13-6-3-2-4-7-13/h2-10,12H,11H2,1H3,(H,19,22). The average molecular weight is 362 g/mol. The van der Waals surface area contributed by atoms with Gasteiger partial charge in [-0.1, -0.05) is 35.9 Å². The molecule has 24 heavy (non-hydrogen) atoms. The maximum atomic E-state index is 12.0. The number of rotatable bonds is 6. The van der Waals surface area contributed by atoms with E-state index in [2.05, 4.69) is 10.4 Å². The number of amides is 1. The Kier molecular flexibility index (Phi) is 5.17. The Morgan fingerprint density at radius 3 is 2.83 bits per heavy atom. The van der Waals surface area contributed by atoms with Crippen molar-refractivity contribution in [2.45, 2.75) is 13.0 Å². The van der Waals surface area contributed by atoms with Gasteiger partial charge < -0.3 is 10.1 Å². The molecule has 0 aliphatic heterocycles. The van der Waals surface area contributed by atoms with Crippen LogP contribution in [0.25, 0.3) is 5.69 Å². The normalized spacial score (nSPS) is 11.9. The second-order valence-corrected chi connectivity index (χ2v) is 6.54. The van der Waals surface area contributed by atoms with Gasteiger partial charge in [0.15, 0.2) is 6.61 Å². The largest absolute Gasteiger partial charge is 0.465 e. The molecule has 1 amide bonds. The molecule has 0 fully saturated rings. The lowest BCUT2D eigenvalue weighted by Gasteiger charge is -2.12. The number of hydrogen-bond donors (Lipinski definition) is 1. The molecule has 0 aliphatic rings. The fraction of sp³-hybridized carbons (Fsp3) is 0.176. The maximum Gasteiger partial charge on any atom is 0.258 e. The number of nitrogens with zero attached hydrogens (tertiary/aromatic N) is 2. The van der Waals surface area contributed by atoms with Crippen LogP contribution in [0.5, 0.6) is 5.88 Å². The van der Waals surface area contributed by atoms with Crippen molar-refractivity contribution < 1.29 is 9.53 Å². The van der Waals surface area contributed by atoms with Crippen LogP contribution in [0.4, 0.5) is 0 Å². The van der Waals surface area contributed by atoms with E-state index >= 15 is 0 Å². The summed E-state index contributed by atoms with van der Waals surface area (Å²) in [5, 5.41) is 9.48. The Labute approximate surface area is 148 Å². The van der Waals surface area contributed by atoms with Crippen LogP contribution < -0.4 is 10.1 Å². The zero-order valence-electron chi connectivity index (χ0n) is 13.0. The fourth-order valence-electron chi connectivity index (χ4n) is 2.17. The van der Waals surface area contributed by atoms with Crippen LogP contribution in [0, 0.1) is 0 Å². The third kappa shape index (κ3) is 3.96. The molecule has 7 heteroatoms. The van der Waals surface area contributed by atoms with E-state index in [0.29, 0.717) is 5.02 Å². The van der Waals surface area contributed by atoms with Crippen molar-refractivity contribution in [2.75, 3.05) is 6.61 Å². The number of nitrogens with one attached hydrogen (secondary N) is 1. The number of hydrogen-bond acceptors (Lipinski definition) is 4. The molecular weight excluding hydrogens is 346 g/mol. The quantitative estimate of drug-likeness (QED) is 0.725. The summed E-state index contributed by atoms with van der Waals surface area (Å²) in [6, 6.07) is 13.4. The first-order valence-electron chi connectivity index (χ1n) is 7.39. The van der Waals surface area contributed by atoms with Gasteiger partial charge in [-0.05, 0) is 30.5 Å². The van der Waals surface area contributed by atoms with Gasteiger partial charge in [-0.15, -0.1) is 16.4 Å². The average Bonchev–Trinajstić information content (AvgIpc) is 3.24. The van der Waals surface area contributed by atoms with Crippen molar-refractivity contribution in [3.05, 3.63) is 63.9 Å². The summed E-state index contributed by atoms with van der Waals surface area (Å²) in [6.07, 6.45) is 1.65. The minimum Gasteiger partial charge on any atom is -0.465 e. The molecule has 0 spiro atoms. The van der Waals surface area contributed by atoms with E-state index in [1.807, 2.05) is 54.8 Å². The molecule has 1 atom stereocenters. The van der Waals surface area contributed by atoms with Crippen molar-refractivity contribution in [1.29, 1.82) is 0 Å². The van der Waals surface area contributed by atoms with Gasteiger partial charge in [0.1, 0.15) is 5.02 Å². The van der Waals surface area contributed by atoms with Gasteiger partial charge in [0, 0.05) is 4.88 Å². The molecule has 0 aliphatic carbocycles. The van der Waals surface area contributed by atoms with E-state index in [0.717, 1.165) is 10.6 Å². The zero-order chi connectivity index (χ0) is 16.9. The number of carbonyl (C=O) groups excluding carboxylic acids is 1. The summed E-state index contributed by atoms with van der Waals surface area (Å²) in [7, 11) is 0. The Balaban J connectivity index is 1.58. The number of benzene rings is 1. The first-order chi connectivity index (χ1) is 11.6. The van der Waals surface area contributed by atoms with Crippen molar-refractivity contribution in [3.8, 4) is 11.6 Å². The summed E-state index contributed by atoms with van der Waals surface area (Å²) >= 11 is 7.73. The van der Waals surface area contributed by atoms with Gasteiger partial charge in [0.05, 0.1) is 17.9 Å². The molecular formula is C17H16ClN3O2S. The molecule has 3 rings (SSSR count). The highest BCUT2D eigenvalue weighted by atomic mass is 35.5. The summed E-state index contributed by atoms with van der Waals surface area (Å²) in [4.78, 5) is 13.1. The van der Waals surface area contributed by atoms with Gasteiger partial charge >= 0.3 is 0 Å². The van der Waals surface area contributed by atoms with Gasteiger partial charge in [0.25, 0.3) is 11.8 Å². The molecule has 3 aromatic rings. The first-order valence-corrected chi connectivity index (χ1v) is 8.65. The fourth-order valence-corrected chi connectivity index (χ4v) is 3.09. The first kappa shape index (κ1) is 16.5. The van der Waals surface area contributed by atoms with E-state index in [9.17, 15) is 4.79 Å².